The van der Waals surface area contributed by atoms with Gasteiger partial charge in [-0.2, -0.15) is 0 Å². The number of rotatable bonds is 6. The summed E-state index contributed by atoms with van der Waals surface area (Å²) in [5, 5.41) is 3.11. The van der Waals surface area contributed by atoms with Crippen molar-refractivity contribution >= 4 is 11.8 Å². The van der Waals surface area contributed by atoms with Crippen molar-refractivity contribution in [2.45, 2.75) is 46.0 Å². The van der Waals surface area contributed by atoms with Gasteiger partial charge in [0.25, 0.3) is 0 Å². The third kappa shape index (κ3) is 4.83. The number of amides is 2. The van der Waals surface area contributed by atoms with E-state index in [2.05, 4.69) is 24.4 Å². The third-order valence-electron chi connectivity index (χ3n) is 4.88. The van der Waals surface area contributed by atoms with Crippen molar-refractivity contribution in [3.63, 3.8) is 0 Å². The van der Waals surface area contributed by atoms with Gasteiger partial charge in [-0.25, -0.2) is 0 Å². The van der Waals surface area contributed by atoms with Crippen LogP contribution >= 0.6 is 0 Å². The molecule has 1 heterocycles. The van der Waals surface area contributed by atoms with E-state index in [1.807, 2.05) is 36.9 Å². The fourth-order valence-electron chi connectivity index (χ4n) is 3.35. The first-order valence-corrected chi connectivity index (χ1v) is 9.14. The van der Waals surface area contributed by atoms with Crippen LogP contribution in [0.5, 0.6) is 0 Å². The molecule has 1 aromatic rings. The second-order valence-electron chi connectivity index (χ2n) is 7.04. The molecule has 0 spiro atoms. The van der Waals surface area contributed by atoms with Crippen molar-refractivity contribution in [3.8, 4) is 0 Å². The quantitative estimate of drug-likeness (QED) is 0.871. The average Bonchev–Trinajstić information content (AvgIpc) is 2.62. The molecule has 0 aliphatic carbocycles. The fraction of sp³-hybridized carbons (Fsp3) is 0.600. The second-order valence-corrected chi connectivity index (χ2v) is 7.04. The number of likely N-dealkylation sites (tertiary alicyclic amines) is 1. The molecule has 2 amide bonds. The average molecular weight is 330 g/mol. The lowest BCUT2D eigenvalue weighted by Gasteiger charge is -2.33. The van der Waals surface area contributed by atoms with Gasteiger partial charge in [0.05, 0.1) is 5.92 Å². The van der Waals surface area contributed by atoms with Gasteiger partial charge in [-0.1, -0.05) is 51.1 Å². The van der Waals surface area contributed by atoms with Crippen LogP contribution in [0.2, 0.25) is 0 Å². The maximum absolute atomic E-state index is 12.5. The molecule has 2 atom stereocenters. The van der Waals surface area contributed by atoms with Crippen LogP contribution < -0.4 is 5.32 Å². The molecule has 4 heteroatoms. The zero-order valence-corrected chi connectivity index (χ0v) is 15.1. The summed E-state index contributed by atoms with van der Waals surface area (Å²) in [6, 6.07) is 10.3. The lowest BCUT2D eigenvalue weighted by molar-refractivity contribution is -0.138. The molecule has 1 N–H and O–H groups in total. The Hall–Kier alpha value is -1.84. The van der Waals surface area contributed by atoms with E-state index in [4.69, 9.17) is 0 Å². The number of hydrogen-bond acceptors (Lipinski definition) is 2. The summed E-state index contributed by atoms with van der Waals surface area (Å²) in [7, 11) is 0. The number of hydrogen-bond donors (Lipinski definition) is 1. The highest BCUT2D eigenvalue weighted by Gasteiger charge is 2.29. The van der Waals surface area contributed by atoms with Crippen LogP contribution in [0.1, 0.15) is 51.5 Å². The third-order valence-corrected chi connectivity index (χ3v) is 4.88. The molecule has 2 unspecified atom stereocenters. The Morgan fingerprint density at radius 3 is 2.58 bits per heavy atom. The maximum Gasteiger partial charge on any atom is 0.225 e. The number of carbonyl (C=O) groups excluding carboxylic acids is 2. The van der Waals surface area contributed by atoms with Gasteiger partial charge < -0.3 is 10.2 Å². The van der Waals surface area contributed by atoms with Crippen LogP contribution in [0.25, 0.3) is 0 Å². The smallest absolute Gasteiger partial charge is 0.225 e. The van der Waals surface area contributed by atoms with Crippen molar-refractivity contribution in [3.05, 3.63) is 35.9 Å². The largest absolute Gasteiger partial charge is 0.355 e. The molecule has 0 bridgehead atoms. The number of nitrogens with one attached hydrogen (secondary N) is 1. The predicted molar refractivity (Wildman–Crippen MR) is 96.6 cm³/mol. The van der Waals surface area contributed by atoms with Gasteiger partial charge in [0, 0.05) is 31.5 Å². The molecule has 2 rings (SSSR count). The van der Waals surface area contributed by atoms with E-state index >= 15 is 0 Å². The van der Waals surface area contributed by atoms with E-state index in [0.29, 0.717) is 19.0 Å². The molecule has 1 aliphatic rings. The Bertz CT molecular complexity index is 542. The van der Waals surface area contributed by atoms with Gasteiger partial charge in [0.2, 0.25) is 11.8 Å². The first kappa shape index (κ1) is 18.5. The second kappa shape index (κ2) is 8.86. The van der Waals surface area contributed by atoms with Crippen molar-refractivity contribution in [1.82, 2.24) is 10.2 Å². The molecular formula is C20H30N2O2. The Balaban J connectivity index is 1.88. The standard InChI is InChI=1S/C20H30N2O2/c1-4-16(17-9-6-5-7-10-17)13-21-19(23)18-11-8-12-22(14-18)20(24)15(2)3/h5-7,9-10,15-16,18H,4,8,11-14H2,1-3H3,(H,21,23). The molecule has 1 aliphatic heterocycles. The molecule has 0 saturated carbocycles. The zero-order chi connectivity index (χ0) is 17.5. The van der Waals surface area contributed by atoms with E-state index in [-0.39, 0.29) is 23.7 Å². The normalized spacial score (nSPS) is 19.2. The lowest BCUT2D eigenvalue weighted by atomic mass is 9.94. The summed E-state index contributed by atoms with van der Waals surface area (Å²) in [5.41, 5.74) is 1.26. The van der Waals surface area contributed by atoms with E-state index in [9.17, 15) is 9.59 Å². The highest BCUT2D eigenvalue weighted by molar-refractivity contribution is 5.82. The van der Waals surface area contributed by atoms with Crippen molar-refractivity contribution in [1.29, 1.82) is 0 Å². The van der Waals surface area contributed by atoms with Gasteiger partial charge in [0.1, 0.15) is 0 Å². The number of benzene rings is 1. The molecule has 132 valence electrons. The molecule has 1 saturated heterocycles. The van der Waals surface area contributed by atoms with Crippen LogP contribution in [0, 0.1) is 11.8 Å². The minimum Gasteiger partial charge on any atom is -0.355 e. The first-order chi connectivity index (χ1) is 11.5. The zero-order valence-electron chi connectivity index (χ0n) is 15.1. The molecule has 4 nitrogen and oxygen atoms in total. The summed E-state index contributed by atoms with van der Waals surface area (Å²) in [6.07, 6.45) is 2.77. The number of nitrogens with zero attached hydrogens (tertiary/aromatic N) is 1. The molecule has 0 radical (unpaired) electrons. The van der Waals surface area contributed by atoms with Gasteiger partial charge in [-0.05, 0) is 24.8 Å². The minimum absolute atomic E-state index is 0.00522. The van der Waals surface area contributed by atoms with Crippen molar-refractivity contribution in [2.24, 2.45) is 11.8 Å². The monoisotopic (exact) mass is 330 g/mol. The Morgan fingerprint density at radius 2 is 1.96 bits per heavy atom. The van der Waals surface area contributed by atoms with Crippen LogP contribution in [0.15, 0.2) is 30.3 Å². The van der Waals surface area contributed by atoms with Gasteiger partial charge in [-0.15, -0.1) is 0 Å². The van der Waals surface area contributed by atoms with Crippen LogP contribution in [0.4, 0.5) is 0 Å². The van der Waals surface area contributed by atoms with E-state index < -0.39 is 0 Å². The summed E-state index contributed by atoms with van der Waals surface area (Å²) in [5.74, 6) is 0.505. The van der Waals surface area contributed by atoms with Gasteiger partial charge in [0.15, 0.2) is 0 Å². The summed E-state index contributed by atoms with van der Waals surface area (Å²) >= 11 is 0. The maximum atomic E-state index is 12.5. The number of piperidine rings is 1. The Labute approximate surface area is 145 Å². The Kier molecular flexibility index (Phi) is 6.83. The molecule has 1 aromatic carbocycles. The topological polar surface area (TPSA) is 49.4 Å². The highest BCUT2D eigenvalue weighted by Crippen LogP contribution is 2.21. The summed E-state index contributed by atoms with van der Waals surface area (Å²) < 4.78 is 0. The summed E-state index contributed by atoms with van der Waals surface area (Å²) in [4.78, 5) is 26.6. The predicted octanol–water partition coefficient (Wildman–Crippen LogP) is 3.19. The molecule has 0 aromatic heterocycles. The first-order valence-electron chi connectivity index (χ1n) is 9.14. The molecule has 24 heavy (non-hydrogen) atoms. The SMILES string of the molecule is CCC(CNC(=O)C1CCCN(C(=O)C(C)C)C1)c1ccccc1. The van der Waals surface area contributed by atoms with E-state index in [1.165, 1.54) is 5.56 Å². The number of carbonyl (C=O) groups is 2. The fourth-order valence-corrected chi connectivity index (χ4v) is 3.35. The van der Waals surface area contributed by atoms with Gasteiger partial charge >= 0.3 is 0 Å². The van der Waals surface area contributed by atoms with Crippen LogP contribution in [0.3, 0.4) is 0 Å². The summed E-state index contributed by atoms with van der Waals surface area (Å²) in [6.45, 7) is 7.98. The van der Waals surface area contributed by atoms with Crippen molar-refractivity contribution < 1.29 is 9.59 Å². The Morgan fingerprint density at radius 1 is 1.25 bits per heavy atom. The minimum atomic E-state index is -0.0743. The highest BCUT2D eigenvalue weighted by atomic mass is 16.2. The van der Waals surface area contributed by atoms with Crippen LogP contribution in [-0.2, 0) is 9.59 Å². The van der Waals surface area contributed by atoms with Gasteiger partial charge in [-0.3, -0.25) is 9.59 Å². The molecular weight excluding hydrogens is 300 g/mol. The van der Waals surface area contributed by atoms with E-state index in [0.717, 1.165) is 25.8 Å². The van der Waals surface area contributed by atoms with Crippen LogP contribution in [-0.4, -0.2) is 36.3 Å². The lowest BCUT2D eigenvalue weighted by Crippen LogP contribution is -2.47. The van der Waals surface area contributed by atoms with E-state index in [1.54, 1.807) is 0 Å². The van der Waals surface area contributed by atoms with Crippen molar-refractivity contribution in [2.75, 3.05) is 19.6 Å². The molecule has 1 fully saturated rings.